The average Bonchev–Trinajstić information content (AvgIpc) is 3.14. The van der Waals surface area contributed by atoms with E-state index in [2.05, 4.69) is 177 Å². The minimum Gasteiger partial charge on any atom is -0.0654 e. The van der Waals surface area contributed by atoms with Crippen LogP contribution in [0, 0.1) is 0 Å². The van der Waals surface area contributed by atoms with Gasteiger partial charge in [-0.1, -0.05) is 190 Å². The molecule has 8 aromatic rings. The van der Waals surface area contributed by atoms with Gasteiger partial charge in [-0.25, -0.2) is 0 Å². The molecular weight excluding hydrogens is 602 g/mol. The third kappa shape index (κ3) is 5.65. The lowest BCUT2D eigenvalue weighted by Crippen LogP contribution is -2.29. The topological polar surface area (TPSA) is 0 Å². The Hall–Kier alpha value is -4.34. The van der Waals surface area contributed by atoms with E-state index in [-0.39, 0.29) is 0 Å². The molecule has 0 saturated carbocycles. The van der Waals surface area contributed by atoms with E-state index in [0.717, 1.165) is 0 Å². The quantitative estimate of drug-likeness (QED) is 0.138. The first-order valence-electron chi connectivity index (χ1n) is 16.8. The Bertz CT molecular complexity index is 2000. The summed E-state index contributed by atoms with van der Waals surface area (Å²) in [7, 11) is -1.59. The molecule has 8 rings (SSSR count). The smallest absolute Gasteiger partial charge is 0.0155 e. The van der Waals surface area contributed by atoms with Crippen molar-refractivity contribution in [1.29, 1.82) is 0 Å². The van der Waals surface area contributed by atoms with Gasteiger partial charge in [0, 0.05) is 5.40 Å². The number of rotatable bonds is 9. The summed E-state index contributed by atoms with van der Waals surface area (Å²) >= 11 is 0. The van der Waals surface area contributed by atoms with Crippen LogP contribution in [0.1, 0.15) is 26.2 Å². The Kier molecular flexibility index (Phi) is 8.57. The average molecular weight is 641 g/mol. The predicted octanol–water partition coefficient (Wildman–Crippen LogP) is 11.4. The van der Waals surface area contributed by atoms with Crippen LogP contribution < -0.4 is 21.2 Å². The molecule has 0 nitrogen and oxygen atoms in total. The van der Waals surface area contributed by atoms with E-state index in [9.17, 15) is 0 Å². The van der Waals surface area contributed by atoms with Crippen molar-refractivity contribution in [3.05, 3.63) is 170 Å². The van der Waals surface area contributed by atoms with Crippen molar-refractivity contribution in [3.8, 4) is 0 Å². The van der Waals surface area contributed by atoms with E-state index in [1.165, 1.54) is 83.6 Å². The molecule has 0 N–H and O–H groups in total. The minimum atomic E-state index is -0.794. The van der Waals surface area contributed by atoms with Crippen molar-refractivity contribution in [2.75, 3.05) is 0 Å². The van der Waals surface area contributed by atoms with Gasteiger partial charge in [-0.2, -0.15) is 0 Å². The van der Waals surface area contributed by atoms with Gasteiger partial charge in [0.2, 0.25) is 0 Å². The van der Waals surface area contributed by atoms with E-state index < -0.39 is 15.8 Å². The monoisotopic (exact) mass is 640 g/mol. The summed E-state index contributed by atoms with van der Waals surface area (Å²) in [5, 5.41) is 17.3. The number of benzene rings is 8. The van der Waals surface area contributed by atoms with Crippen LogP contribution >= 0.6 is 15.8 Å². The Balaban J connectivity index is 1.49. The highest BCUT2D eigenvalue weighted by Crippen LogP contribution is 2.60. The van der Waals surface area contributed by atoms with Gasteiger partial charge in [0.1, 0.15) is 0 Å². The number of hydrogen-bond donors (Lipinski definition) is 0. The van der Waals surface area contributed by atoms with Crippen molar-refractivity contribution in [2.45, 2.75) is 31.6 Å². The van der Waals surface area contributed by atoms with Crippen molar-refractivity contribution in [2.24, 2.45) is 0 Å². The summed E-state index contributed by atoms with van der Waals surface area (Å²) in [4.78, 5) is 0. The van der Waals surface area contributed by atoms with E-state index in [1.54, 1.807) is 0 Å². The third-order valence-corrected chi connectivity index (χ3v) is 16.2. The third-order valence-electron chi connectivity index (χ3n) is 9.52. The molecule has 0 heterocycles. The Morgan fingerprint density at radius 3 is 0.936 bits per heavy atom. The molecule has 0 unspecified atom stereocenters. The molecule has 0 amide bonds. The molecule has 0 aromatic heterocycles. The predicted molar refractivity (Wildman–Crippen MR) is 211 cm³/mol. The molecular formula is C45H38P2. The standard InChI is InChI=1S/C45H38P2/c1-2-3-32-45(46(41-28-12-20-33-16-4-8-24-37(33)41)42-29-13-21-34-17-5-9-25-38(34)42)47(43-30-14-22-35-18-6-10-26-39(35)43)44-31-15-23-36-19-7-11-27-40(36)44/h4-31,45H,2-3,32H2,1H3. The second-order valence-corrected chi connectivity index (χ2v) is 17.4. The zero-order chi connectivity index (χ0) is 31.6. The van der Waals surface area contributed by atoms with E-state index in [1.807, 2.05) is 0 Å². The fraction of sp³-hybridized carbons (Fsp3) is 0.111. The molecule has 0 spiro atoms. The lowest BCUT2D eigenvalue weighted by molar-refractivity contribution is 0.759. The molecule has 0 atom stereocenters. The molecule has 0 bridgehead atoms. The van der Waals surface area contributed by atoms with Gasteiger partial charge < -0.3 is 0 Å². The summed E-state index contributed by atoms with van der Waals surface area (Å²) < 4.78 is 0. The summed E-state index contributed by atoms with van der Waals surface area (Å²) in [6, 6.07) is 64.4. The highest BCUT2D eigenvalue weighted by atomic mass is 31.2. The SMILES string of the molecule is CCCCC(P(c1cccc2ccccc12)c1cccc2ccccc12)P(c1cccc2ccccc12)c1cccc2ccccc12. The fourth-order valence-corrected chi connectivity index (χ4v) is 15.3. The van der Waals surface area contributed by atoms with Crippen LogP contribution in [-0.2, 0) is 0 Å². The van der Waals surface area contributed by atoms with Gasteiger partial charge in [0.15, 0.2) is 0 Å². The molecule has 8 aromatic carbocycles. The van der Waals surface area contributed by atoms with Gasteiger partial charge in [-0.05, 0) is 86.6 Å². The van der Waals surface area contributed by atoms with E-state index in [0.29, 0.717) is 5.40 Å². The van der Waals surface area contributed by atoms with Crippen LogP contribution in [0.15, 0.2) is 170 Å². The molecule has 0 fully saturated rings. The molecule has 0 radical (unpaired) electrons. The van der Waals surface area contributed by atoms with Gasteiger partial charge in [-0.3, -0.25) is 0 Å². The van der Waals surface area contributed by atoms with Crippen LogP contribution in [0.4, 0.5) is 0 Å². The van der Waals surface area contributed by atoms with Gasteiger partial charge in [0.25, 0.3) is 0 Å². The molecule has 0 saturated heterocycles. The first kappa shape index (κ1) is 30.0. The highest BCUT2D eigenvalue weighted by molar-refractivity contribution is 7.90. The second-order valence-electron chi connectivity index (χ2n) is 12.4. The van der Waals surface area contributed by atoms with Crippen LogP contribution in [0.3, 0.4) is 0 Å². The van der Waals surface area contributed by atoms with Crippen LogP contribution in [-0.4, -0.2) is 5.40 Å². The van der Waals surface area contributed by atoms with E-state index in [4.69, 9.17) is 0 Å². The Labute approximate surface area is 280 Å². The Morgan fingerprint density at radius 1 is 0.362 bits per heavy atom. The summed E-state index contributed by atoms with van der Waals surface area (Å²) in [6.07, 6.45) is 3.55. The van der Waals surface area contributed by atoms with Crippen LogP contribution in [0.25, 0.3) is 43.1 Å². The summed E-state index contributed by atoms with van der Waals surface area (Å²) in [5.41, 5.74) is 0. The Morgan fingerprint density at radius 2 is 0.638 bits per heavy atom. The van der Waals surface area contributed by atoms with Crippen molar-refractivity contribution < 1.29 is 0 Å². The van der Waals surface area contributed by atoms with Crippen molar-refractivity contribution >= 4 is 80.2 Å². The number of fused-ring (bicyclic) bond motifs is 4. The molecule has 228 valence electrons. The molecule has 0 aliphatic rings. The van der Waals surface area contributed by atoms with Gasteiger partial charge in [0.05, 0.1) is 0 Å². The zero-order valence-electron chi connectivity index (χ0n) is 26.8. The lowest BCUT2D eigenvalue weighted by atomic mass is 10.1. The van der Waals surface area contributed by atoms with Gasteiger partial charge >= 0.3 is 0 Å². The highest BCUT2D eigenvalue weighted by Gasteiger charge is 2.36. The number of unbranched alkanes of at least 4 members (excludes halogenated alkanes) is 1. The molecule has 0 aliphatic heterocycles. The van der Waals surface area contributed by atoms with Crippen molar-refractivity contribution in [3.63, 3.8) is 0 Å². The first-order chi connectivity index (χ1) is 23.3. The first-order valence-corrected chi connectivity index (χ1v) is 19.6. The largest absolute Gasteiger partial charge is 0.0654 e. The minimum absolute atomic E-state index is 0.424. The molecule has 2 heteroatoms. The number of hydrogen-bond acceptors (Lipinski definition) is 0. The normalized spacial score (nSPS) is 11.9. The lowest BCUT2D eigenvalue weighted by Gasteiger charge is -2.38. The summed E-state index contributed by atoms with van der Waals surface area (Å²) in [5.74, 6) is 0. The maximum absolute atomic E-state index is 2.45. The van der Waals surface area contributed by atoms with Crippen LogP contribution in [0.5, 0.6) is 0 Å². The van der Waals surface area contributed by atoms with Gasteiger partial charge in [-0.15, -0.1) is 0 Å². The zero-order valence-corrected chi connectivity index (χ0v) is 28.5. The fourth-order valence-electron chi connectivity index (χ4n) is 7.34. The molecule has 0 aliphatic carbocycles. The summed E-state index contributed by atoms with van der Waals surface area (Å²) in [6.45, 7) is 2.35. The maximum atomic E-state index is 2.45. The van der Waals surface area contributed by atoms with E-state index >= 15 is 0 Å². The molecule has 47 heavy (non-hydrogen) atoms. The maximum Gasteiger partial charge on any atom is 0.0155 e. The van der Waals surface area contributed by atoms with Crippen LogP contribution in [0.2, 0.25) is 0 Å². The second kappa shape index (κ2) is 13.4. The van der Waals surface area contributed by atoms with Crippen molar-refractivity contribution in [1.82, 2.24) is 0 Å².